The van der Waals surface area contributed by atoms with Crippen molar-refractivity contribution in [1.82, 2.24) is 9.88 Å². The van der Waals surface area contributed by atoms with E-state index >= 15 is 0 Å². The first-order valence-corrected chi connectivity index (χ1v) is 12.4. The topological polar surface area (TPSA) is 63.1 Å². The van der Waals surface area contributed by atoms with E-state index in [2.05, 4.69) is 33.5 Å². The van der Waals surface area contributed by atoms with Crippen molar-refractivity contribution in [3.63, 3.8) is 0 Å². The van der Waals surface area contributed by atoms with Gasteiger partial charge in [-0.1, -0.05) is 41.9 Å². The van der Waals surface area contributed by atoms with Crippen LogP contribution in [0.15, 0.2) is 77.8 Å². The SMILES string of the molecule is Cc1cccc(NC(=O)CSc2cn(CCNC(=O)c3ccc(Cl)cc3)c3ccccc23)c1C. The van der Waals surface area contributed by atoms with Crippen LogP contribution in [0.2, 0.25) is 5.02 Å². The molecule has 1 heterocycles. The van der Waals surface area contributed by atoms with E-state index in [1.807, 2.05) is 44.2 Å². The fourth-order valence-corrected chi connectivity index (χ4v) is 4.74. The first kappa shape index (κ1) is 23.9. The molecule has 0 bridgehead atoms. The van der Waals surface area contributed by atoms with Crippen LogP contribution in [-0.4, -0.2) is 28.7 Å². The number of aromatic nitrogens is 1. The summed E-state index contributed by atoms with van der Waals surface area (Å²) in [6.45, 7) is 5.15. The summed E-state index contributed by atoms with van der Waals surface area (Å²) in [5.41, 5.74) is 4.73. The Morgan fingerprint density at radius 3 is 2.53 bits per heavy atom. The molecule has 0 atom stereocenters. The fraction of sp³-hybridized carbons (Fsp3) is 0.185. The molecule has 4 aromatic rings. The highest BCUT2D eigenvalue weighted by Crippen LogP contribution is 2.30. The largest absolute Gasteiger partial charge is 0.350 e. The molecule has 0 saturated carbocycles. The van der Waals surface area contributed by atoms with E-state index in [-0.39, 0.29) is 11.8 Å². The summed E-state index contributed by atoms with van der Waals surface area (Å²) in [5.74, 6) is 0.144. The number of nitrogens with one attached hydrogen (secondary N) is 2. The van der Waals surface area contributed by atoms with Crippen molar-refractivity contribution < 1.29 is 9.59 Å². The van der Waals surface area contributed by atoms with Gasteiger partial charge in [0.15, 0.2) is 0 Å². The van der Waals surface area contributed by atoms with E-state index in [1.54, 1.807) is 24.3 Å². The van der Waals surface area contributed by atoms with Crippen LogP contribution < -0.4 is 10.6 Å². The summed E-state index contributed by atoms with van der Waals surface area (Å²) in [7, 11) is 0. The lowest BCUT2D eigenvalue weighted by atomic mass is 10.1. The highest BCUT2D eigenvalue weighted by molar-refractivity contribution is 8.00. The highest BCUT2D eigenvalue weighted by Gasteiger charge is 2.12. The van der Waals surface area contributed by atoms with Gasteiger partial charge in [0.2, 0.25) is 5.91 Å². The Kier molecular flexibility index (Phi) is 7.60. The first-order valence-electron chi connectivity index (χ1n) is 11.0. The average Bonchev–Trinajstić information content (AvgIpc) is 3.19. The number of para-hydroxylation sites is 1. The van der Waals surface area contributed by atoms with E-state index in [0.717, 1.165) is 32.6 Å². The fourth-order valence-electron chi connectivity index (χ4n) is 3.72. The Morgan fingerprint density at radius 1 is 0.971 bits per heavy atom. The van der Waals surface area contributed by atoms with Crippen LogP contribution in [0.5, 0.6) is 0 Å². The van der Waals surface area contributed by atoms with Crippen LogP contribution in [0.3, 0.4) is 0 Å². The van der Waals surface area contributed by atoms with Gasteiger partial charge in [-0.3, -0.25) is 9.59 Å². The standard InChI is InChI=1S/C27H26ClN3O2S/c1-18-6-5-8-23(19(18)2)30-26(32)17-34-25-16-31(24-9-4-3-7-22(24)25)15-14-29-27(33)20-10-12-21(28)13-11-20/h3-13,16H,14-15,17H2,1-2H3,(H,29,33)(H,30,32). The predicted octanol–water partition coefficient (Wildman–Crippen LogP) is 6.07. The number of amides is 2. The van der Waals surface area contributed by atoms with E-state index in [1.165, 1.54) is 11.8 Å². The highest BCUT2D eigenvalue weighted by atomic mass is 35.5. The molecule has 0 aliphatic heterocycles. The van der Waals surface area contributed by atoms with Crippen LogP contribution in [-0.2, 0) is 11.3 Å². The molecule has 0 fully saturated rings. The summed E-state index contributed by atoms with van der Waals surface area (Å²) in [6, 6.07) is 20.8. The number of carbonyl (C=O) groups excluding carboxylic acids is 2. The maximum absolute atomic E-state index is 12.6. The number of rotatable bonds is 8. The van der Waals surface area contributed by atoms with Crippen molar-refractivity contribution in [1.29, 1.82) is 0 Å². The number of nitrogens with zero attached hydrogens (tertiary/aromatic N) is 1. The van der Waals surface area contributed by atoms with Crippen LogP contribution in [0.4, 0.5) is 5.69 Å². The third-order valence-electron chi connectivity index (χ3n) is 5.73. The van der Waals surface area contributed by atoms with Crippen LogP contribution in [0.25, 0.3) is 10.9 Å². The van der Waals surface area contributed by atoms with Crippen LogP contribution in [0.1, 0.15) is 21.5 Å². The quantitative estimate of drug-likeness (QED) is 0.294. The van der Waals surface area contributed by atoms with Gasteiger partial charge in [-0.15, -0.1) is 11.8 Å². The summed E-state index contributed by atoms with van der Waals surface area (Å²) in [6.07, 6.45) is 2.05. The zero-order valence-electron chi connectivity index (χ0n) is 19.1. The third kappa shape index (κ3) is 5.64. The lowest BCUT2D eigenvalue weighted by molar-refractivity contribution is -0.113. The lowest BCUT2D eigenvalue weighted by Crippen LogP contribution is -2.27. The molecule has 34 heavy (non-hydrogen) atoms. The number of hydrogen-bond acceptors (Lipinski definition) is 3. The number of aryl methyl sites for hydroxylation is 1. The molecule has 1 aromatic heterocycles. The zero-order chi connectivity index (χ0) is 24.1. The molecule has 2 amide bonds. The molecular weight excluding hydrogens is 466 g/mol. The Morgan fingerprint density at radius 2 is 1.74 bits per heavy atom. The smallest absolute Gasteiger partial charge is 0.251 e. The molecule has 0 spiro atoms. The monoisotopic (exact) mass is 491 g/mol. The van der Waals surface area contributed by atoms with Gasteiger partial charge in [-0.25, -0.2) is 0 Å². The molecule has 5 nitrogen and oxygen atoms in total. The van der Waals surface area contributed by atoms with E-state index < -0.39 is 0 Å². The first-order chi connectivity index (χ1) is 16.4. The second-order valence-electron chi connectivity index (χ2n) is 8.05. The van der Waals surface area contributed by atoms with Crippen molar-refractivity contribution in [3.05, 3.63) is 94.6 Å². The Hall–Kier alpha value is -3.22. The molecule has 0 aliphatic rings. The predicted molar refractivity (Wildman–Crippen MR) is 141 cm³/mol. The molecule has 4 rings (SSSR count). The third-order valence-corrected chi connectivity index (χ3v) is 7.03. The van der Waals surface area contributed by atoms with Gasteiger partial charge in [0.25, 0.3) is 5.91 Å². The number of carbonyl (C=O) groups is 2. The normalized spacial score (nSPS) is 10.9. The van der Waals surface area contributed by atoms with E-state index in [9.17, 15) is 9.59 Å². The minimum Gasteiger partial charge on any atom is -0.350 e. The van der Waals surface area contributed by atoms with Gasteiger partial charge in [0, 0.05) is 51.4 Å². The maximum Gasteiger partial charge on any atom is 0.251 e. The number of anilines is 1. The van der Waals surface area contributed by atoms with Gasteiger partial charge in [0.1, 0.15) is 0 Å². The van der Waals surface area contributed by atoms with Crippen molar-refractivity contribution in [2.24, 2.45) is 0 Å². The molecule has 0 saturated heterocycles. The van der Waals surface area contributed by atoms with E-state index in [0.29, 0.717) is 29.4 Å². The molecule has 0 unspecified atom stereocenters. The van der Waals surface area contributed by atoms with Gasteiger partial charge >= 0.3 is 0 Å². The molecular formula is C27H26ClN3O2S. The van der Waals surface area contributed by atoms with Crippen molar-refractivity contribution in [2.45, 2.75) is 25.3 Å². The molecule has 2 N–H and O–H groups in total. The molecule has 0 aliphatic carbocycles. The molecule has 3 aromatic carbocycles. The summed E-state index contributed by atoms with van der Waals surface area (Å²) in [5, 5.41) is 7.67. The van der Waals surface area contributed by atoms with Crippen molar-refractivity contribution in [2.75, 3.05) is 17.6 Å². The second-order valence-corrected chi connectivity index (χ2v) is 9.50. The number of benzene rings is 3. The Labute approximate surface area is 208 Å². The lowest BCUT2D eigenvalue weighted by Gasteiger charge is -2.10. The molecule has 7 heteroatoms. The zero-order valence-corrected chi connectivity index (χ0v) is 20.7. The average molecular weight is 492 g/mol. The maximum atomic E-state index is 12.6. The van der Waals surface area contributed by atoms with Gasteiger partial charge in [0.05, 0.1) is 5.75 Å². The molecule has 0 radical (unpaired) electrons. The minimum absolute atomic E-state index is 0.0363. The number of thioether (sulfide) groups is 1. The minimum atomic E-state index is -0.133. The summed E-state index contributed by atoms with van der Waals surface area (Å²) < 4.78 is 2.11. The number of halogens is 1. The molecule has 174 valence electrons. The van der Waals surface area contributed by atoms with Crippen molar-refractivity contribution in [3.8, 4) is 0 Å². The van der Waals surface area contributed by atoms with Gasteiger partial charge < -0.3 is 15.2 Å². The number of hydrogen-bond donors (Lipinski definition) is 2. The number of fused-ring (bicyclic) bond motifs is 1. The Bertz CT molecular complexity index is 1330. The summed E-state index contributed by atoms with van der Waals surface area (Å²) >= 11 is 7.41. The van der Waals surface area contributed by atoms with Gasteiger partial charge in [-0.05, 0) is 61.4 Å². The van der Waals surface area contributed by atoms with Crippen molar-refractivity contribution >= 4 is 51.8 Å². The van der Waals surface area contributed by atoms with Gasteiger partial charge in [-0.2, -0.15) is 0 Å². The summed E-state index contributed by atoms with van der Waals surface area (Å²) in [4.78, 5) is 26.0. The Balaban J connectivity index is 1.39. The van der Waals surface area contributed by atoms with E-state index in [4.69, 9.17) is 11.6 Å². The second kappa shape index (κ2) is 10.8. The van der Waals surface area contributed by atoms with Crippen LogP contribution >= 0.6 is 23.4 Å². The van der Waals surface area contributed by atoms with Crippen LogP contribution in [0, 0.1) is 13.8 Å².